The SMILES string of the molecule is C=C(C)CN(CC)C(=O)C1NCCCC1(C)C. The summed E-state index contributed by atoms with van der Waals surface area (Å²) in [6.45, 7) is 14.6. The van der Waals surface area contributed by atoms with Crippen molar-refractivity contribution >= 4 is 5.91 Å². The van der Waals surface area contributed by atoms with Gasteiger partial charge in [-0.15, -0.1) is 0 Å². The van der Waals surface area contributed by atoms with Crippen LogP contribution in [0.25, 0.3) is 0 Å². The number of carbonyl (C=O) groups excluding carboxylic acids is 1. The Morgan fingerprint density at radius 2 is 2.18 bits per heavy atom. The average Bonchev–Trinajstić information content (AvgIpc) is 2.24. The lowest BCUT2D eigenvalue weighted by atomic mass is 9.77. The molecule has 1 saturated heterocycles. The van der Waals surface area contributed by atoms with E-state index in [4.69, 9.17) is 0 Å². The molecule has 1 aliphatic rings. The molecule has 1 heterocycles. The summed E-state index contributed by atoms with van der Waals surface area (Å²) in [7, 11) is 0. The largest absolute Gasteiger partial charge is 0.338 e. The molecule has 0 aromatic carbocycles. The number of hydrogen-bond donors (Lipinski definition) is 1. The van der Waals surface area contributed by atoms with Gasteiger partial charge in [-0.05, 0) is 38.6 Å². The van der Waals surface area contributed by atoms with Crippen LogP contribution in [-0.2, 0) is 4.79 Å². The number of piperidine rings is 1. The second-order valence-corrected chi connectivity index (χ2v) is 5.79. The summed E-state index contributed by atoms with van der Waals surface area (Å²) in [6.07, 6.45) is 2.27. The molecule has 1 unspecified atom stereocenters. The lowest BCUT2D eigenvalue weighted by Gasteiger charge is -2.40. The summed E-state index contributed by atoms with van der Waals surface area (Å²) in [5, 5.41) is 3.38. The average molecular weight is 238 g/mol. The molecule has 1 fully saturated rings. The lowest BCUT2D eigenvalue weighted by molar-refractivity contribution is -0.136. The zero-order valence-corrected chi connectivity index (χ0v) is 11.7. The molecule has 0 bridgehead atoms. The van der Waals surface area contributed by atoms with Gasteiger partial charge in [-0.2, -0.15) is 0 Å². The molecule has 1 aliphatic heterocycles. The van der Waals surface area contributed by atoms with Crippen LogP contribution in [0.3, 0.4) is 0 Å². The Balaban J connectivity index is 2.75. The van der Waals surface area contributed by atoms with E-state index in [-0.39, 0.29) is 17.4 Å². The Hall–Kier alpha value is -0.830. The van der Waals surface area contributed by atoms with Crippen molar-refractivity contribution in [2.24, 2.45) is 5.41 Å². The Morgan fingerprint density at radius 1 is 1.53 bits per heavy atom. The van der Waals surface area contributed by atoms with E-state index < -0.39 is 0 Å². The van der Waals surface area contributed by atoms with Crippen molar-refractivity contribution in [3.63, 3.8) is 0 Å². The first-order valence-corrected chi connectivity index (χ1v) is 6.55. The molecule has 3 heteroatoms. The van der Waals surface area contributed by atoms with Crippen LogP contribution in [0.2, 0.25) is 0 Å². The second kappa shape index (κ2) is 5.67. The van der Waals surface area contributed by atoms with E-state index in [1.807, 2.05) is 18.7 Å². The highest BCUT2D eigenvalue weighted by Crippen LogP contribution is 2.31. The molecule has 0 saturated carbocycles. The molecule has 1 rings (SSSR count). The fourth-order valence-electron chi connectivity index (χ4n) is 2.49. The first-order valence-electron chi connectivity index (χ1n) is 6.55. The van der Waals surface area contributed by atoms with E-state index in [0.717, 1.165) is 31.5 Å². The zero-order chi connectivity index (χ0) is 13.1. The van der Waals surface area contributed by atoms with E-state index >= 15 is 0 Å². The van der Waals surface area contributed by atoms with E-state index in [9.17, 15) is 4.79 Å². The standard InChI is InChI=1S/C14H26N2O/c1-6-16(10-11(2)3)13(17)12-14(4,5)8-7-9-15-12/h12,15H,2,6-10H2,1,3-5H3. The Bertz CT molecular complexity index is 297. The van der Waals surface area contributed by atoms with Crippen LogP contribution in [0.5, 0.6) is 0 Å². The van der Waals surface area contributed by atoms with Crippen LogP contribution in [0.4, 0.5) is 0 Å². The monoisotopic (exact) mass is 238 g/mol. The molecule has 0 aromatic heterocycles. The van der Waals surface area contributed by atoms with Crippen molar-refractivity contribution in [2.45, 2.75) is 46.6 Å². The molecule has 98 valence electrons. The van der Waals surface area contributed by atoms with Crippen LogP contribution >= 0.6 is 0 Å². The molecule has 17 heavy (non-hydrogen) atoms. The van der Waals surface area contributed by atoms with E-state index in [0.29, 0.717) is 6.54 Å². The quantitative estimate of drug-likeness (QED) is 0.761. The third-order valence-electron chi connectivity index (χ3n) is 3.53. The van der Waals surface area contributed by atoms with Crippen LogP contribution in [0.15, 0.2) is 12.2 Å². The van der Waals surface area contributed by atoms with Gasteiger partial charge in [0, 0.05) is 13.1 Å². The Morgan fingerprint density at radius 3 is 2.65 bits per heavy atom. The summed E-state index contributed by atoms with van der Waals surface area (Å²) in [5.74, 6) is 0.222. The number of amides is 1. The first kappa shape index (κ1) is 14.2. The predicted molar refractivity (Wildman–Crippen MR) is 71.9 cm³/mol. The van der Waals surface area contributed by atoms with Gasteiger partial charge in [-0.3, -0.25) is 4.79 Å². The van der Waals surface area contributed by atoms with Gasteiger partial charge in [0.05, 0.1) is 6.04 Å². The summed E-state index contributed by atoms with van der Waals surface area (Å²) in [5.41, 5.74) is 1.09. The van der Waals surface area contributed by atoms with Gasteiger partial charge in [-0.1, -0.05) is 26.0 Å². The maximum Gasteiger partial charge on any atom is 0.240 e. The smallest absolute Gasteiger partial charge is 0.240 e. The minimum Gasteiger partial charge on any atom is -0.338 e. The molecule has 0 spiro atoms. The fourth-order valence-corrected chi connectivity index (χ4v) is 2.49. The minimum absolute atomic E-state index is 0.0458. The summed E-state index contributed by atoms with van der Waals surface area (Å²) >= 11 is 0. The van der Waals surface area contributed by atoms with Crippen molar-refractivity contribution in [3.8, 4) is 0 Å². The number of nitrogens with one attached hydrogen (secondary N) is 1. The van der Waals surface area contributed by atoms with Crippen molar-refractivity contribution < 1.29 is 4.79 Å². The van der Waals surface area contributed by atoms with Gasteiger partial charge < -0.3 is 10.2 Å². The predicted octanol–water partition coefficient (Wildman–Crippen LogP) is 2.19. The minimum atomic E-state index is -0.0458. The van der Waals surface area contributed by atoms with E-state index in [1.54, 1.807) is 0 Å². The molecule has 1 N–H and O–H groups in total. The number of nitrogens with zero attached hydrogens (tertiary/aromatic N) is 1. The highest BCUT2D eigenvalue weighted by Gasteiger charge is 2.38. The normalized spacial score (nSPS) is 23.2. The molecule has 0 radical (unpaired) electrons. The zero-order valence-electron chi connectivity index (χ0n) is 11.7. The topological polar surface area (TPSA) is 32.3 Å². The van der Waals surface area contributed by atoms with Crippen LogP contribution < -0.4 is 5.32 Å². The van der Waals surface area contributed by atoms with Gasteiger partial charge in [0.1, 0.15) is 0 Å². The highest BCUT2D eigenvalue weighted by molar-refractivity contribution is 5.83. The van der Waals surface area contributed by atoms with Gasteiger partial charge in [0.15, 0.2) is 0 Å². The van der Waals surface area contributed by atoms with Crippen molar-refractivity contribution in [1.29, 1.82) is 0 Å². The van der Waals surface area contributed by atoms with Gasteiger partial charge in [-0.25, -0.2) is 0 Å². The van der Waals surface area contributed by atoms with Crippen molar-refractivity contribution in [1.82, 2.24) is 10.2 Å². The third-order valence-corrected chi connectivity index (χ3v) is 3.53. The fraction of sp³-hybridized carbons (Fsp3) is 0.786. The second-order valence-electron chi connectivity index (χ2n) is 5.79. The molecule has 3 nitrogen and oxygen atoms in total. The number of likely N-dealkylation sites (N-methyl/N-ethyl adjacent to an activating group) is 1. The molecule has 0 aliphatic carbocycles. The van der Waals surface area contributed by atoms with Gasteiger partial charge >= 0.3 is 0 Å². The molecular formula is C14H26N2O. The molecule has 0 aromatic rings. The van der Waals surface area contributed by atoms with Gasteiger partial charge in [0.25, 0.3) is 0 Å². The van der Waals surface area contributed by atoms with Crippen LogP contribution in [0, 0.1) is 5.41 Å². The van der Waals surface area contributed by atoms with Crippen LogP contribution in [0.1, 0.15) is 40.5 Å². The maximum atomic E-state index is 12.5. The maximum absolute atomic E-state index is 12.5. The number of rotatable bonds is 4. The van der Waals surface area contributed by atoms with E-state index in [1.165, 1.54) is 0 Å². The third kappa shape index (κ3) is 3.56. The highest BCUT2D eigenvalue weighted by atomic mass is 16.2. The molecule has 1 atom stereocenters. The van der Waals surface area contributed by atoms with Crippen molar-refractivity contribution in [2.75, 3.05) is 19.6 Å². The first-order chi connectivity index (χ1) is 7.88. The lowest BCUT2D eigenvalue weighted by Crippen LogP contribution is -2.56. The van der Waals surface area contributed by atoms with E-state index in [2.05, 4.69) is 25.7 Å². The number of hydrogen-bond acceptors (Lipinski definition) is 2. The summed E-state index contributed by atoms with van der Waals surface area (Å²) in [6, 6.07) is -0.0458. The summed E-state index contributed by atoms with van der Waals surface area (Å²) in [4.78, 5) is 14.4. The van der Waals surface area contributed by atoms with Crippen LogP contribution in [-0.4, -0.2) is 36.5 Å². The molecular weight excluding hydrogens is 212 g/mol. The molecule has 1 amide bonds. The Kier molecular flexibility index (Phi) is 4.75. The Labute approximate surface area is 105 Å². The summed E-state index contributed by atoms with van der Waals surface area (Å²) < 4.78 is 0. The number of carbonyl (C=O) groups is 1. The van der Waals surface area contributed by atoms with Crippen molar-refractivity contribution in [3.05, 3.63) is 12.2 Å². The van der Waals surface area contributed by atoms with Gasteiger partial charge in [0.2, 0.25) is 5.91 Å².